The molecule has 0 unspecified atom stereocenters. The van der Waals surface area contributed by atoms with Crippen LogP contribution in [0, 0.1) is 6.92 Å². The van der Waals surface area contributed by atoms with Crippen molar-refractivity contribution in [2.24, 2.45) is 0 Å². The van der Waals surface area contributed by atoms with Crippen LogP contribution in [0.2, 0.25) is 0 Å². The second-order valence-corrected chi connectivity index (χ2v) is 8.06. The number of aliphatic hydroxyl groups is 3. The van der Waals surface area contributed by atoms with Crippen LogP contribution >= 0.6 is 0 Å². The summed E-state index contributed by atoms with van der Waals surface area (Å²) in [5, 5.41) is 31.0. The van der Waals surface area contributed by atoms with Crippen molar-refractivity contribution in [2.75, 3.05) is 0 Å². The summed E-state index contributed by atoms with van der Waals surface area (Å²) in [6, 6.07) is 14.7. The number of hydrogen-bond donors (Lipinski definition) is 3. The minimum atomic E-state index is -1.18. The summed E-state index contributed by atoms with van der Waals surface area (Å²) in [4.78, 5) is 0. The molecule has 4 heteroatoms. The number of ether oxygens (including phenoxy) is 1. The summed E-state index contributed by atoms with van der Waals surface area (Å²) in [7, 11) is 0. The zero-order valence-electron chi connectivity index (χ0n) is 15.9. The van der Waals surface area contributed by atoms with E-state index in [2.05, 4.69) is 44.2 Å². The third kappa shape index (κ3) is 3.43. The molecule has 4 atom stereocenters. The van der Waals surface area contributed by atoms with Crippen LogP contribution in [0.3, 0.4) is 0 Å². The second-order valence-electron chi connectivity index (χ2n) is 8.06. The monoisotopic (exact) mass is 368 g/mol. The van der Waals surface area contributed by atoms with Gasteiger partial charge >= 0.3 is 0 Å². The van der Waals surface area contributed by atoms with Gasteiger partial charge in [-0.3, -0.25) is 0 Å². The molecule has 1 aliphatic heterocycles. The highest BCUT2D eigenvalue weighted by atomic mass is 16.6. The van der Waals surface area contributed by atoms with Gasteiger partial charge < -0.3 is 20.1 Å². The summed E-state index contributed by atoms with van der Waals surface area (Å²) in [6.45, 7) is 4.23. The Morgan fingerprint density at radius 2 is 1.63 bits per heavy atom. The van der Waals surface area contributed by atoms with Crippen LogP contribution in [-0.4, -0.2) is 39.2 Å². The molecule has 2 aromatic carbocycles. The lowest BCUT2D eigenvalue weighted by Gasteiger charge is -2.41. The highest BCUT2D eigenvalue weighted by Gasteiger charge is 2.60. The van der Waals surface area contributed by atoms with Gasteiger partial charge in [-0.15, -0.1) is 0 Å². The molecule has 1 saturated heterocycles. The molecule has 4 rings (SSSR count). The average Bonchev–Trinajstić information content (AvgIpc) is 3.46. The lowest BCUT2D eigenvalue weighted by atomic mass is 9.88. The quantitative estimate of drug-likeness (QED) is 0.776. The highest BCUT2D eigenvalue weighted by molar-refractivity contribution is 5.38. The maximum absolute atomic E-state index is 10.5. The Bertz CT molecular complexity index is 810. The smallest absolute Gasteiger partial charge is 0.113 e. The van der Waals surface area contributed by atoms with Crippen LogP contribution in [0.15, 0.2) is 42.5 Å². The molecule has 3 N–H and O–H groups in total. The van der Waals surface area contributed by atoms with Crippen molar-refractivity contribution in [3.8, 4) is 0 Å². The number of aryl methyl sites for hydroxylation is 2. The zero-order valence-corrected chi connectivity index (χ0v) is 15.9. The highest BCUT2D eigenvalue weighted by Crippen LogP contribution is 2.51. The Morgan fingerprint density at radius 1 is 0.963 bits per heavy atom. The maximum Gasteiger partial charge on any atom is 0.113 e. The molecule has 1 spiro atoms. The summed E-state index contributed by atoms with van der Waals surface area (Å²) >= 11 is 0. The van der Waals surface area contributed by atoms with E-state index in [9.17, 15) is 15.3 Å². The lowest BCUT2D eigenvalue weighted by molar-refractivity contribution is -0.236. The van der Waals surface area contributed by atoms with Gasteiger partial charge in [-0.05, 0) is 60.4 Å². The third-order valence-electron chi connectivity index (χ3n) is 6.15. The van der Waals surface area contributed by atoms with Crippen LogP contribution in [-0.2, 0) is 17.6 Å². The molecule has 1 saturated carbocycles. The average molecular weight is 368 g/mol. The molecule has 0 aromatic heterocycles. The minimum absolute atomic E-state index is 0.618. The summed E-state index contributed by atoms with van der Waals surface area (Å²) in [5.41, 5.74) is 5.09. The zero-order chi connectivity index (χ0) is 19.2. The summed E-state index contributed by atoms with van der Waals surface area (Å²) in [5.74, 6) is 0. The molecule has 1 heterocycles. The molecular weight excluding hydrogens is 340 g/mol. The number of hydrogen-bond acceptors (Lipinski definition) is 4. The molecule has 0 radical (unpaired) electrons. The molecule has 2 aliphatic rings. The standard InChI is InChI=1S/C23H28O4/c1-3-15-5-7-16(8-6-15)12-18-13-17(9-4-14(18)2)21-19(24)20(25)22(26)23(27-21)10-11-23/h4-9,13,19-22,24-26H,3,10-12H2,1-2H3/t19-,20-,21+,22+/m1/s1. The van der Waals surface area contributed by atoms with Gasteiger partial charge in [-0.2, -0.15) is 0 Å². The summed E-state index contributed by atoms with van der Waals surface area (Å²) in [6.07, 6.45) is -0.681. The van der Waals surface area contributed by atoms with Crippen LogP contribution in [0.4, 0.5) is 0 Å². The van der Waals surface area contributed by atoms with Gasteiger partial charge in [0.1, 0.15) is 24.4 Å². The van der Waals surface area contributed by atoms with E-state index in [0.29, 0.717) is 0 Å². The SMILES string of the molecule is CCc1ccc(Cc2cc([C@@H]3OC4(CC4)[C@@H](O)[C@H](O)[C@H]3O)ccc2C)cc1. The van der Waals surface area contributed by atoms with Crippen molar-refractivity contribution in [1.82, 2.24) is 0 Å². The predicted octanol–water partition coefficient (Wildman–Crippen LogP) is 2.83. The van der Waals surface area contributed by atoms with Crippen LogP contribution in [0.5, 0.6) is 0 Å². The first-order valence-corrected chi connectivity index (χ1v) is 9.83. The maximum atomic E-state index is 10.5. The molecule has 144 valence electrons. The Hall–Kier alpha value is -1.72. The fraction of sp³-hybridized carbons (Fsp3) is 0.478. The van der Waals surface area contributed by atoms with Crippen molar-refractivity contribution in [3.05, 3.63) is 70.3 Å². The number of rotatable bonds is 4. The van der Waals surface area contributed by atoms with Crippen LogP contribution in [0.1, 0.15) is 53.7 Å². The molecule has 0 amide bonds. The van der Waals surface area contributed by atoms with Gasteiger partial charge in [0.2, 0.25) is 0 Å². The molecular formula is C23H28O4. The fourth-order valence-corrected chi connectivity index (χ4v) is 4.04. The second kappa shape index (κ2) is 7.02. The van der Waals surface area contributed by atoms with Crippen LogP contribution in [0.25, 0.3) is 0 Å². The topological polar surface area (TPSA) is 69.9 Å². The van der Waals surface area contributed by atoms with E-state index in [-0.39, 0.29) is 0 Å². The van der Waals surface area contributed by atoms with Crippen molar-refractivity contribution < 1.29 is 20.1 Å². The van der Waals surface area contributed by atoms with Gasteiger partial charge in [0, 0.05) is 0 Å². The minimum Gasteiger partial charge on any atom is -0.387 e. The molecule has 0 bridgehead atoms. The van der Waals surface area contributed by atoms with E-state index in [1.165, 1.54) is 22.3 Å². The Labute approximate surface area is 160 Å². The first-order chi connectivity index (χ1) is 12.9. The van der Waals surface area contributed by atoms with E-state index in [4.69, 9.17) is 4.74 Å². The van der Waals surface area contributed by atoms with E-state index in [0.717, 1.165) is 31.2 Å². The normalized spacial score (nSPS) is 29.1. The van der Waals surface area contributed by atoms with Crippen molar-refractivity contribution in [1.29, 1.82) is 0 Å². The van der Waals surface area contributed by atoms with Gasteiger partial charge in [0.15, 0.2) is 0 Å². The van der Waals surface area contributed by atoms with Gasteiger partial charge in [-0.25, -0.2) is 0 Å². The Morgan fingerprint density at radius 3 is 2.26 bits per heavy atom. The Balaban J connectivity index is 1.60. The predicted molar refractivity (Wildman–Crippen MR) is 104 cm³/mol. The fourth-order valence-electron chi connectivity index (χ4n) is 4.04. The van der Waals surface area contributed by atoms with Crippen LogP contribution < -0.4 is 0 Å². The van der Waals surface area contributed by atoms with Crippen molar-refractivity contribution >= 4 is 0 Å². The first kappa shape index (κ1) is 18.6. The van der Waals surface area contributed by atoms with Crippen molar-refractivity contribution in [3.63, 3.8) is 0 Å². The third-order valence-corrected chi connectivity index (χ3v) is 6.15. The molecule has 2 aromatic rings. The largest absolute Gasteiger partial charge is 0.387 e. The van der Waals surface area contributed by atoms with Crippen molar-refractivity contribution in [2.45, 2.75) is 69.5 Å². The molecule has 27 heavy (non-hydrogen) atoms. The first-order valence-electron chi connectivity index (χ1n) is 9.83. The number of aliphatic hydroxyl groups excluding tert-OH is 3. The van der Waals surface area contributed by atoms with E-state index >= 15 is 0 Å². The molecule has 1 aliphatic carbocycles. The van der Waals surface area contributed by atoms with Gasteiger partial charge in [0.25, 0.3) is 0 Å². The van der Waals surface area contributed by atoms with Gasteiger partial charge in [-0.1, -0.05) is 49.4 Å². The summed E-state index contributed by atoms with van der Waals surface area (Å²) < 4.78 is 6.08. The molecule has 4 nitrogen and oxygen atoms in total. The Kier molecular flexibility index (Phi) is 4.85. The molecule has 2 fully saturated rings. The van der Waals surface area contributed by atoms with Gasteiger partial charge in [0.05, 0.1) is 5.60 Å². The number of benzene rings is 2. The lowest BCUT2D eigenvalue weighted by Crippen LogP contribution is -2.55. The van der Waals surface area contributed by atoms with E-state index in [1.54, 1.807) is 0 Å². The van der Waals surface area contributed by atoms with E-state index < -0.39 is 30.0 Å². The van der Waals surface area contributed by atoms with E-state index in [1.807, 2.05) is 12.1 Å².